The second-order valence-corrected chi connectivity index (χ2v) is 5.46. The van der Waals surface area contributed by atoms with E-state index < -0.39 is 0 Å². The van der Waals surface area contributed by atoms with Gasteiger partial charge in [-0.2, -0.15) is 5.26 Å². The van der Waals surface area contributed by atoms with Gasteiger partial charge in [-0.3, -0.25) is 4.79 Å². The first-order valence-electron chi connectivity index (χ1n) is 7.03. The van der Waals surface area contributed by atoms with E-state index in [0.29, 0.717) is 19.5 Å². The maximum Gasteiger partial charge on any atom is 0.225 e. The molecule has 106 valence electrons. The van der Waals surface area contributed by atoms with E-state index in [1.165, 1.54) is 12.1 Å². The predicted molar refractivity (Wildman–Crippen MR) is 74.2 cm³/mol. The third-order valence-electron chi connectivity index (χ3n) is 3.87. The van der Waals surface area contributed by atoms with E-state index in [4.69, 9.17) is 5.26 Å². The zero-order valence-electron chi connectivity index (χ0n) is 11.7. The van der Waals surface area contributed by atoms with E-state index in [9.17, 15) is 9.18 Å². The number of carbonyl (C=O) groups excluding carboxylic acids is 1. The first kappa shape index (κ1) is 14.5. The fraction of sp³-hybridized carbons (Fsp3) is 0.500. The van der Waals surface area contributed by atoms with Crippen LogP contribution in [0.2, 0.25) is 0 Å². The molecule has 0 spiro atoms. The monoisotopic (exact) mass is 274 g/mol. The van der Waals surface area contributed by atoms with Crippen LogP contribution in [0.1, 0.15) is 25.3 Å². The highest BCUT2D eigenvalue weighted by Crippen LogP contribution is 2.19. The standard InChI is InChI=1S/C16H19FN2O/c1-12(10-13-2-4-15(17)5-3-13)16(20)19-8-6-14(11-18)7-9-19/h2-5,12,14H,6-10H2,1H3. The molecule has 1 atom stereocenters. The van der Waals surface area contributed by atoms with Crippen molar-refractivity contribution in [3.05, 3.63) is 35.6 Å². The van der Waals surface area contributed by atoms with Crippen LogP contribution in [0.4, 0.5) is 4.39 Å². The van der Waals surface area contributed by atoms with Crippen LogP contribution in [-0.4, -0.2) is 23.9 Å². The average Bonchev–Trinajstić information content (AvgIpc) is 2.49. The van der Waals surface area contributed by atoms with Crippen LogP contribution < -0.4 is 0 Å². The SMILES string of the molecule is CC(Cc1ccc(F)cc1)C(=O)N1CCC(C#N)CC1. The average molecular weight is 274 g/mol. The van der Waals surface area contributed by atoms with Gasteiger partial charge in [-0.15, -0.1) is 0 Å². The maximum absolute atomic E-state index is 12.8. The van der Waals surface area contributed by atoms with Crippen LogP contribution in [0.25, 0.3) is 0 Å². The van der Waals surface area contributed by atoms with Gasteiger partial charge >= 0.3 is 0 Å². The second-order valence-electron chi connectivity index (χ2n) is 5.46. The van der Waals surface area contributed by atoms with Crippen molar-refractivity contribution in [1.82, 2.24) is 4.90 Å². The van der Waals surface area contributed by atoms with Crippen molar-refractivity contribution < 1.29 is 9.18 Å². The van der Waals surface area contributed by atoms with Crippen molar-refractivity contribution in [2.24, 2.45) is 11.8 Å². The molecule has 4 heteroatoms. The quantitative estimate of drug-likeness (QED) is 0.850. The highest BCUT2D eigenvalue weighted by molar-refractivity contribution is 5.78. The minimum Gasteiger partial charge on any atom is -0.342 e. The summed E-state index contributed by atoms with van der Waals surface area (Å²) in [5.41, 5.74) is 0.971. The van der Waals surface area contributed by atoms with E-state index >= 15 is 0 Å². The summed E-state index contributed by atoms with van der Waals surface area (Å²) >= 11 is 0. The number of nitriles is 1. The zero-order chi connectivity index (χ0) is 14.5. The number of halogens is 1. The van der Waals surface area contributed by atoms with Gasteiger partial charge < -0.3 is 4.90 Å². The molecule has 0 saturated carbocycles. The molecule has 1 aliphatic heterocycles. The topological polar surface area (TPSA) is 44.1 Å². The van der Waals surface area contributed by atoms with Crippen LogP contribution in [0, 0.1) is 29.0 Å². The molecule has 1 amide bonds. The number of amides is 1. The highest BCUT2D eigenvalue weighted by Gasteiger charge is 2.25. The molecule has 1 heterocycles. The Kier molecular flexibility index (Phi) is 4.73. The third kappa shape index (κ3) is 3.57. The molecule has 1 aromatic rings. The van der Waals surface area contributed by atoms with Crippen molar-refractivity contribution in [2.75, 3.05) is 13.1 Å². The lowest BCUT2D eigenvalue weighted by molar-refractivity contribution is -0.136. The Bertz CT molecular complexity index is 498. The van der Waals surface area contributed by atoms with Crippen molar-refractivity contribution in [3.63, 3.8) is 0 Å². The van der Waals surface area contributed by atoms with Crippen LogP contribution in [0.3, 0.4) is 0 Å². The highest BCUT2D eigenvalue weighted by atomic mass is 19.1. The van der Waals surface area contributed by atoms with Gasteiger partial charge in [0, 0.05) is 24.9 Å². The van der Waals surface area contributed by atoms with Gasteiger partial charge in [-0.1, -0.05) is 19.1 Å². The van der Waals surface area contributed by atoms with Crippen LogP contribution in [-0.2, 0) is 11.2 Å². The molecule has 0 aliphatic carbocycles. The van der Waals surface area contributed by atoms with E-state index in [1.807, 2.05) is 11.8 Å². The normalized spacial score (nSPS) is 17.6. The molecule has 1 aliphatic rings. The molecular weight excluding hydrogens is 255 g/mol. The number of hydrogen-bond acceptors (Lipinski definition) is 2. The molecule has 0 radical (unpaired) electrons. The molecule has 0 aromatic heterocycles. The Morgan fingerprint density at radius 2 is 2.00 bits per heavy atom. The van der Waals surface area contributed by atoms with Crippen molar-refractivity contribution in [1.29, 1.82) is 5.26 Å². The summed E-state index contributed by atoms with van der Waals surface area (Å²) in [5, 5.41) is 8.86. The van der Waals surface area contributed by atoms with Crippen LogP contribution in [0.15, 0.2) is 24.3 Å². The van der Waals surface area contributed by atoms with Crippen LogP contribution >= 0.6 is 0 Å². The van der Waals surface area contributed by atoms with Crippen molar-refractivity contribution >= 4 is 5.91 Å². The minimum absolute atomic E-state index is 0.0893. The number of likely N-dealkylation sites (tertiary alicyclic amines) is 1. The van der Waals surface area contributed by atoms with E-state index in [1.54, 1.807) is 12.1 Å². The first-order chi connectivity index (χ1) is 9.60. The zero-order valence-corrected chi connectivity index (χ0v) is 11.7. The second kappa shape index (κ2) is 6.51. The summed E-state index contributed by atoms with van der Waals surface area (Å²) in [6.07, 6.45) is 2.16. The Hall–Kier alpha value is -1.89. The molecular formula is C16H19FN2O. The smallest absolute Gasteiger partial charge is 0.225 e. The summed E-state index contributed by atoms with van der Waals surface area (Å²) in [7, 11) is 0. The molecule has 20 heavy (non-hydrogen) atoms. The molecule has 3 nitrogen and oxygen atoms in total. The Balaban J connectivity index is 1.89. The number of nitrogens with zero attached hydrogens (tertiary/aromatic N) is 2. The Labute approximate surface area is 119 Å². The van der Waals surface area contributed by atoms with E-state index in [0.717, 1.165) is 18.4 Å². The molecule has 1 unspecified atom stereocenters. The fourth-order valence-corrected chi connectivity index (χ4v) is 2.60. The summed E-state index contributed by atoms with van der Waals surface area (Å²) in [6, 6.07) is 8.55. The number of benzene rings is 1. The summed E-state index contributed by atoms with van der Waals surface area (Å²) < 4.78 is 12.8. The molecule has 0 bridgehead atoms. The molecule has 1 saturated heterocycles. The van der Waals surface area contributed by atoms with Gasteiger partial charge in [0.05, 0.1) is 6.07 Å². The maximum atomic E-state index is 12.8. The fourth-order valence-electron chi connectivity index (χ4n) is 2.60. The molecule has 1 fully saturated rings. The van der Waals surface area contributed by atoms with Gasteiger partial charge in [0.1, 0.15) is 5.82 Å². The molecule has 2 rings (SSSR count). The summed E-state index contributed by atoms with van der Waals surface area (Å²) in [4.78, 5) is 14.2. The van der Waals surface area contributed by atoms with E-state index in [-0.39, 0.29) is 23.6 Å². The molecule has 0 N–H and O–H groups in total. The largest absolute Gasteiger partial charge is 0.342 e. The third-order valence-corrected chi connectivity index (χ3v) is 3.87. The first-order valence-corrected chi connectivity index (χ1v) is 7.03. The predicted octanol–water partition coefficient (Wildman–Crippen LogP) is 2.77. The van der Waals surface area contributed by atoms with Gasteiger partial charge in [-0.05, 0) is 37.0 Å². The van der Waals surface area contributed by atoms with Crippen molar-refractivity contribution in [3.8, 4) is 6.07 Å². The number of hydrogen-bond donors (Lipinski definition) is 0. The lowest BCUT2D eigenvalue weighted by atomic mass is 9.95. The lowest BCUT2D eigenvalue weighted by Crippen LogP contribution is -2.41. The van der Waals surface area contributed by atoms with Gasteiger partial charge in [0.2, 0.25) is 5.91 Å². The van der Waals surface area contributed by atoms with Crippen molar-refractivity contribution in [2.45, 2.75) is 26.2 Å². The summed E-state index contributed by atoms with van der Waals surface area (Å²) in [5.74, 6) is -0.150. The summed E-state index contributed by atoms with van der Waals surface area (Å²) in [6.45, 7) is 3.25. The minimum atomic E-state index is -0.258. The van der Waals surface area contributed by atoms with Gasteiger partial charge in [-0.25, -0.2) is 4.39 Å². The molecule has 1 aromatic carbocycles. The lowest BCUT2D eigenvalue weighted by Gasteiger charge is -2.31. The van der Waals surface area contributed by atoms with Gasteiger partial charge in [0.25, 0.3) is 0 Å². The van der Waals surface area contributed by atoms with E-state index in [2.05, 4.69) is 6.07 Å². The van der Waals surface area contributed by atoms with Crippen LogP contribution in [0.5, 0.6) is 0 Å². The Morgan fingerprint density at radius 3 is 2.55 bits per heavy atom. The number of piperidine rings is 1. The van der Waals surface area contributed by atoms with Gasteiger partial charge in [0.15, 0.2) is 0 Å². The number of carbonyl (C=O) groups is 1. The Morgan fingerprint density at radius 1 is 1.40 bits per heavy atom. The number of rotatable bonds is 3.